The second-order valence-corrected chi connectivity index (χ2v) is 16.8. The van der Waals surface area contributed by atoms with Crippen LogP contribution in [0.5, 0.6) is 0 Å². The van der Waals surface area contributed by atoms with Gasteiger partial charge in [0.1, 0.15) is 23.9 Å². The highest BCUT2D eigenvalue weighted by Gasteiger charge is 2.54. The third-order valence-electron chi connectivity index (χ3n) is 12.4. The number of aromatic nitrogens is 2. The molecule has 14 nitrogen and oxygen atoms in total. The van der Waals surface area contributed by atoms with Crippen LogP contribution in [0.4, 0.5) is 4.79 Å². The largest absolute Gasteiger partial charge is 0.458 e. The fraction of sp³-hybridized carbons (Fsp3) is 0.698. The molecule has 5 rings (SSSR count). The lowest BCUT2D eigenvalue weighted by Crippen LogP contribution is -2.59. The van der Waals surface area contributed by atoms with E-state index in [1.807, 2.05) is 80.9 Å². The van der Waals surface area contributed by atoms with Gasteiger partial charge in [-0.25, -0.2) is 9.78 Å². The Labute approximate surface area is 337 Å². The van der Waals surface area contributed by atoms with Gasteiger partial charge in [0.25, 0.3) is 0 Å². The number of unbranched alkanes of at least 4 members (excludes halogenated alkanes) is 1. The average molecular weight is 797 g/mol. The molecule has 1 aromatic carbocycles. The number of aliphatic hydroxyl groups is 1. The molecular formula is C43H64N4O10. The molecule has 0 bridgehead atoms. The van der Waals surface area contributed by atoms with Gasteiger partial charge < -0.3 is 43.2 Å². The Balaban J connectivity index is 1.40. The van der Waals surface area contributed by atoms with Gasteiger partial charge in [0.15, 0.2) is 18.2 Å². The van der Waals surface area contributed by atoms with Crippen LogP contribution in [0, 0.1) is 23.7 Å². The molecule has 3 aliphatic heterocycles. The smallest absolute Gasteiger partial charge is 0.410 e. The van der Waals surface area contributed by atoms with Gasteiger partial charge >= 0.3 is 12.1 Å². The Morgan fingerprint density at radius 2 is 1.65 bits per heavy atom. The van der Waals surface area contributed by atoms with E-state index in [0.717, 1.165) is 17.7 Å². The van der Waals surface area contributed by atoms with E-state index < -0.39 is 83.9 Å². The highest BCUT2D eigenvalue weighted by Crippen LogP contribution is 2.39. The summed E-state index contributed by atoms with van der Waals surface area (Å²) < 4.78 is 32.9. The van der Waals surface area contributed by atoms with Crippen molar-refractivity contribution < 1.29 is 48.0 Å². The van der Waals surface area contributed by atoms with Crippen LogP contribution in [0.3, 0.4) is 0 Å². The minimum absolute atomic E-state index is 0.136. The van der Waals surface area contributed by atoms with E-state index in [0.29, 0.717) is 32.4 Å². The summed E-state index contributed by atoms with van der Waals surface area (Å²) in [5, 5.41) is 11.4. The first-order valence-electron chi connectivity index (χ1n) is 20.5. The predicted molar refractivity (Wildman–Crippen MR) is 212 cm³/mol. The predicted octanol–water partition coefficient (Wildman–Crippen LogP) is 5.14. The van der Waals surface area contributed by atoms with E-state index >= 15 is 0 Å². The number of cyclic esters (lactones) is 1. The number of esters is 1. The van der Waals surface area contributed by atoms with Crippen LogP contribution in [0.1, 0.15) is 80.6 Å². The summed E-state index contributed by atoms with van der Waals surface area (Å²) in [4.78, 5) is 64.3. The Kier molecular flexibility index (Phi) is 14.7. The van der Waals surface area contributed by atoms with Crippen molar-refractivity contribution in [3.05, 3.63) is 42.9 Å². The molecule has 0 radical (unpaired) electrons. The van der Waals surface area contributed by atoms with Crippen molar-refractivity contribution >= 4 is 23.6 Å². The Bertz CT molecular complexity index is 1690. The van der Waals surface area contributed by atoms with E-state index in [-0.39, 0.29) is 24.3 Å². The molecule has 1 aromatic heterocycles. The molecule has 1 amide bonds. The fourth-order valence-corrected chi connectivity index (χ4v) is 8.99. The normalized spacial score (nSPS) is 35.8. The molecule has 13 atom stereocenters. The number of hydrogen-bond donors (Lipinski definition) is 1. The highest BCUT2D eigenvalue weighted by atomic mass is 16.7. The molecule has 3 aliphatic rings. The molecule has 14 heteroatoms. The van der Waals surface area contributed by atoms with Gasteiger partial charge in [0, 0.05) is 55.8 Å². The van der Waals surface area contributed by atoms with Crippen LogP contribution < -0.4 is 0 Å². The van der Waals surface area contributed by atoms with Gasteiger partial charge in [-0.15, -0.1) is 0 Å². The number of amides is 1. The van der Waals surface area contributed by atoms with Gasteiger partial charge in [-0.05, 0) is 67.0 Å². The number of fused-ring (bicyclic) bond motifs is 1. The van der Waals surface area contributed by atoms with Crippen molar-refractivity contribution in [2.75, 3.05) is 27.7 Å². The summed E-state index contributed by atoms with van der Waals surface area (Å²) in [6.45, 7) is 13.3. The zero-order chi connectivity index (χ0) is 41.8. The number of rotatable bonds is 11. The summed E-state index contributed by atoms with van der Waals surface area (Å²) in [5.74, 6) is -4.83. The maximum absolute atomic E-state index is 14.6. The van der Waals surface area contributed by atoms with E-state index in [1.165, 1.54) is 14.0 Å². The van der Waals surface area contributed by atoms with Crippen LogP contribution in [0.2, 0.25) is 0 Å². The lowest BCUT2D eigenvalue weighted by molar-refractivity contribution is -0.295. The van der Waals surface area contributed by atoms with Crippen molar-refractivity contribution in [2.24, 2.45) is 23.7 Å². The quantitative estimate of drug-likeness (QED) is 0.182. The molecule has 0 spiro atoms. The highest BCUT2D eigenvalue weighted by molar-refractivity contribution is 6.00. The summed E-state index contributed by atoms with van der Waals surface area (Å²) in [6.07, 6.45) is 0.310. The number of nitrogens with zero attached hydrogens (tertiary/aromatic N) is 4. The molecule has 6 unspecified atom stereocenters. The Morgan fingerprint density at radius 1 is 0.965 bits per heavy atom. The Morgan fingerprint density at radius 3 is 2.30 bits per heavy atom. The standard InChI is InChI=1S/C43H64N4O10/c1-11-33-38-34(47(42(52)56-38)20-16-15-19-46-23-31(44-24-46)30-17-13-12-14-18-30)27(4)35(48)25(2)22-43(7,53-10)39(28(5)36(49)29(6)40(51)55-33)57-41-37(50)32(45(8)9)21-26(3)54-41/h12-14,17-18,23-29,32-34,37-39,41,50H,11,15-16,19-22H2,1-10H3/t25-,26?,27-,28?,29?,32?,33?,34-,37-,38-,39-,41?,43+/m1/s1. The topological polar surface area (TPSA) is 159 Å². The van der Waals surface area contributed by atoms with Crippen LogP contribution in [-0.4, -0.2) is 130 Å². The number of imidazole rings is 1. The minimum atomic E-state index is -1.25. The molecule has 316 valence electrons. The number of ether oxygens (including phenoxy) is 5. The number of ketones is 2. The number of aliphatic hydroxyl groups excluding tert-OH is 1. The summed E-state index contributed by atoms with van der Waals surface area (Å²) in [7, 11) is 5.25. The van der Waals surface area contributed by atoms with Gasteiger partial charge in [0.05, 0.1) is 35.9 Å². The molecule has 2 aromatic rings. The third-order valence-corrected chi connectivity index (χ3v) is 12.4. The third kappa shape index (κ3) is 9.79. The van der Waals surface area contributed by atoms with E-state index in [1.54, 1.807) is 32.0 Å². The zero-order valence-corrected chi connectivity index (χ0v) is 35.3. The molecule has 3 saturated heterocycles. The lowest BCUT2D eigenvalue weighted by atomic mass is 9.75. The number of methoxy groups -OCH3 is 1. The molecule has 4 heterocycles. The number of Topliss-reactive ketones (excluding diaryl/α,β-unsaturated/α-hetero) is 2. The summed E-state index contributed by atoms with van der Waals surface area (Å²) in [6, 6.07) is 8.93. The van der Waals surface area contributed by atoms with Crippen LogP contribution >= 0.6 is 0 Å². The number of benzene rings is 1. The minimum Gasteiger partial charge on any atom is -0.458 e. The lowest BCUT2D eigenvalue weighted by Gasteiger charge is -2.47. The summed E-state index contributed by atoms with van der Waals surface area (Å²) >= 11 is 0. The molecule has 0 aliphatic carbocycles. The van der Waals surface area contributed by atoms with Crippen molar-refractivity contribution in [3.63, 3.8) is 0 Å². The fourth-order valence-electron chi connectivity index (χ4n) is 8.99. The van der Waals surface area contributed by atoms with Gasteiger partial charge in [0.2, 0.25) is 0 Å². The van der Waals surface area contributed by atoms with Crippen molar-refractivity contribution in [1.29, 1.82) is 0 Å². The first-order chi connectivity index (χ1) is 27.0. The van der Waals surface area contributed by atoms with Crippen LogP contribution in [0.15, 0.2) is 42.9 Å². The molecule has 3 fully saturated rings. The maximum Gasteiger partial charge on any atom is 0.410 e. The average Bonchev–Trinajstić information content (AvgIpc) is 3.80. The number of carbonyl (C=O) groups is 4. The molecule has 1 N–H and O–H groups in total. The van der Waals surface area contributed by atoms with Crippen LogP contribution in [0.25, 0.3) is 11.3 Å². The van der Waals surface area contributed by atoms with Crippen LogP contribution in [-0.2, 0) is 44.6 Å². The molecule has 57 heavy (non-hydrogen) atoms. The van der Waals surface area contributed by atoms with E-state index in [2.05, 4.69) is 4.98 Å². The Hall–Kier alpha value is -3.69. The first kappa shape index (κ1) is 44.4. The molecular weight excluding hydrogens is 732 g/mol. The monoisotopic (exact) mass is 796 g/mol. The van der Waals surface area contributed by atoms with Crippen molar-refractivity contribution in [2.45, 2.75) is 142 Å². The van der Waals surface area contributed by atoms with Gasteiger partial charge in [-0.3, -0.25) is 14.4 Å². The van der Waals surface area contributed by atoms with Crippen molar-refractivity contribution in [3.8, 4) is 11.3 Å². The number of hydrogen-bond acceptors (Lipinski definition) is 12. The number of carbonyl (C=O) groups excluding carboxylic acids is 4. The van der Waals surface area contributed by atoms with Crippen molar-refractivity contribution in [1.82, 2.24) is 19.4 Å². The second kappa shape index (κ2) is 18.9. The van der Waals surface area contributed by atoms with Gasteiger partial charge in [-0.2, -0.15) is 0 Å². The maximum atomic E-state index is 14.6. The second-order valence-electron chi connectivity index (χ2n) is 16.8. The summed E-state index contributed by atoms with van der Waals surface area (Å²) in [5.41, 5.74) is 0.653. The van der Waals surface area contributed by atoms with E-state index in [9.17, 15) is 24.3 Å². The first-order valence-corrected chi connectivity index (χ1v) is 20.5. The molecule has 0 saturated carbocycles. The SMILES string of the molecule is CCC1OC(=O)C(C)C(=O)C(C)[C@@H](OC2OC(C)CC(N(C)C)[C@H]2O)[C@@](C)(OC)C[C@@H](C)C(=O)[C@H](C)[C@@H]2[C@@H]1OC(=O)N2CCCCn1cnc(-c2ccccc2)c1. The zero-order valence-electron chi connectivity index (χ0n) is 35.3. The number of aryl methyl sites for hydroxylation is 1. The van der Waals surface area contributed by atoms with E-state index in [4.69, 9.17) is 23.7 Å². The number of likely N-dealkylation sites (N-methyl/N-ethyl adjacent to an activating group) is 1. The van der Waals surface area contributed by atoms with Gasteiger partial charge in [-0.1, -0.05) is 58.0 Å².